The first-order valence-electron chi connectivity index (χ1n) is 7.20. The van der Waals surface area contributed by atoms with Crippen LogP contribution < -0.4 is 15.1 Å². The smallest absolute Gasteiger partial charge is 0.349 e. The number of amides is 1. The number of pyridine rings is 1. The summed E-state index contributed by atoms with van der Waals surface area (Å²) in [6, 6.07) is 1.18. The molecule has 1 amide bonds. The summed E-state index contributed by atoms with van der Waals surface area (Å²) in [5.74, 6) is 0.197. The zero-order valence-electron chi connectivity index (χ0n) is 12.2. The second kappa shape index (κ2) is 5.42. The van der Waals surface area contributed by atoms with Crippen molar-refractivity contribution in [2.24, 2.45) is 0 Å². The fraction of sp³-hybridized carbons (Fsp3) is 0.571. The van der Waals surface area contributed by atoms with Gasteiger partial charge in [-0.1, -0.05) is 0 Å². The number of carbonyl (C=O) groups excluding carboxylic acids is 1. The van der Waals surface area contributed by atoms with Gasteiger partial charge in [0.15, 0.2) is 5.82 Å². The Balaban J connectivity index is 2.10. The molecule has 0 aromatic carbocycles. The van der Waals surface area contributed by atoms with Gasteiger partial charge < -0.3 is 15.1 Å². The summed E-state index contributed by atoms with van der Waals surface area (Å²) in [6.07, 6.45) is -2.93. The maximum absolute atomic E-state index is 13.0. The molecule has 1 saturated heterocycles. The van der Waals surface area contributed by atoms with E-state index >= 15 is 0 Å². The van der Waals surface area contributed by atoms with Crippen LogP contribution in [0.1, 0.15) is 18.9 Å². The highest BCUT2D eigenvalue weighted by Crippen LogP contribution is 2.38. The van der Waals surface area contributed by atoms with Gasteiger partial charge >= 0.3 is 6.18 Å². The van der Waals surface area contributed by atoms with Gasteiger partial charge in [0.25, 0.3) is 0 Å². The number of carbonyl (C=O) groups is 1. The van der Waals surface area contributed by atoms with Gasteiger partial charge in [0.1, 0.15) is 0 Å². The van der Waals surface area contributed by atoms with Gasteiger partial charge in [0, 0.05) is 45.3 Å². The Labute approximate surface area is 126 Å². The minimum atomic E-state index is -4.47. The monoisotopic (exact) mass is 314 g/mol. The van der Waals surface area contributed by atoms with Gasteiger partial charge in [0.05, 0.1) is 11.3 Å². The van der Waals surface area contributed by atoms with Gasteiger partial charge in [-0.05, 0) is 12.5 Å². The molecule has 2 aliphatic rings. The van der Waals surface area contributed by atoms with Crippen LogP contribution in [-0.2, 0) is 11.0 Å². The van der Waals surface area contributed by atoms with Crippen LogP contribution in [-0.4, -0.2) is 43.1 Å². The van der Waals surface area contributed by atoms with Crippen molar-refractivity contribution in [3.05, 3.63) is 17.8 Å². The maximum atomic E-state index is 13.0. The van der Waals surface area contributed by atoms with E-state index in [-0.39, 0.29) is 17.6 Å². The molecule has 8 heteroatoms. The van der Waals surface area contributed by atoms with Crippen LogP contribution in [0.3, 0.4) is 0 Å². The van der Waals surface area contributed by atoms with E-state index in [1.807, 2.05) is 4.90 Å². The van der Waals surface area contributed by atoms with Gasteiger partial charge in [-0.2, -0.15) is 13.2 Å². The number of alkyl halides is 3. The Morgan fingerprint density at radius 1 is 1.41 bits per heavy atom. The molecule has 0 bridgehead atoms. The number of fused-ring (bicyclic) bond motifs is 3. The van der Waals surface area contributed by atoms with E-state index in [2.05, 4.69) is 10.3 Å². The zero-order chi connectivity index (χ0) is 15.9. The summed E-state index contributed by atoms with van der Waals surface area (Å²) in [5.41, 5.74) is -0.571. The molecule has 2 aliphatic heterocycles. The second-order valence-corrected chi connectivity index (χ2v) is 5.58. The Kier molecular flexibility index (Phi) is 3.72. The molecule has 1 aromatic rings. The van der Waals surface area contributed by atoms with E-state index in [1.54, 1.807) is 0 Å². The molecule has 0 aliphatic carbocycles. The topological polar surface area (TPSA) is 48.5 Å². The van der Waals surface area contributed by atoms with E-state index in [1.165, 1.54) is 11.8 Å². The third-order valence-electron chi connectivity index (χ3n) is 4.15. The van der Waals surface area contributed by atoms with Crippen LogP contribution in [0.4, 0.5) is 24.7 Å². The van der Waals surface area contributed by atoms with Gasteiger partial charge in [-0.3, -0.25) is 4.79 Å². The van der Waals surface area contributed by atoms with E-state index < -0.39 is 11.7 Å². The normalized spacial score (nSPS) is 21.9. The molecule has 0 saturated carbocycles. The van der Waals surface area contributed by atoms with Crippen molar-refractivity contribution >= 4 is 17.4 Å². The second-order valence-electron chi connectivity index (χ2n) is 5.58. The molecule has 120 valence electrons. The predicted molar refractivity (Wildman–Crippen MR) is 75.9 cm³/mol. The molecule has 0 spiro atoms. The molecular formula is C14H17F3N4O. The van der Waals surface area contributed by atoms with Crippen molar-refractivity contribution in [2.45, 2.75) is 25.6 Å². The Morgan fingerprint density at radius 2 is 2.18 bits per heavy atom. The number of nitrogens with one attached hydrogen (secondary N) is 1. The Hall–Kier alpha value is -1.83. The van der Waals surface area contributed by atoms with Crippen molar-refractivity contribution in [1.82, 2.24) is 10.3 Å². The molecule has 22 heavy (non-hydrogen) atoms. The van der Waals surface area contributed by atoms with Crippen molar-refractivity contribution in [2.75, 3.05) is 36.0 Å². The quantitative estimate of drug-likeness (QED) is 0.791. The lowest BCUT2D eigenvalue weighted by atomic mass is 10.1. The third-order valence-corrected chi connectivity index (χ3v) is 4.15. The van der Waals surface area contributed by atoms with E-state index in [0.717, 1.165) is 25.4 Å². The molecule has 3 rings (SSSR count). The van der Waals surface area contributed by atoms with Gasteiger partial charge in [-0.15, -0.1) is 0 Å². The summed E-state index contributed by atoms with van der Waals surface area (Å²) in [4.78, 5) is 19.3. The Bertz CT molecular complexity index is 590. The summed E-state index contributed by atoms with van der Waals surface area (Å²) in [5, 5.41) is 3.27. The lowest BCUT2D eigenvalue weighted by molar-refractivity contribution is -0.137. The van der Waals surface area contributed by atoms with Crippen LogP contribution in [0, 0.1) is 0 Å². The molecule has 1 atom stereocenters. The highest BCUT2D eigenvalue weighted by molar-refractivity contribution is 5.95. The highest BCUT2D eigenvalue weighted by atomic mass is 19.4. The van der Waals surface area contributed by atoms with Crippen molar-refractivity contribution in [1.29, 1.82) is 0 Å². The van der Waals surface area contributed by atoms with Crippen molar-refractivity contribution < 1.29 is 18.0 Å². The minimum Gasteiger partial charge on any atom is -0.349 e. The molecule has 1 fully saturated rings. The number of aromatic nitrogens is 1. The number of nitrogens with zero attached hydrogens (tertiary/aromatic N) is 3. The first-order chi connectivity index (χ1) is 10.4. The largest absolute Gasteiger partial charge is 0.417 e. The number of piperazine rings is 1. The van der Waals surface area contributed by atoms with Crippen LogP contribution >= 0.6 is 0 Å². The van der Waals surface area contributed by atoms with Crippen LogP contribution in [0.2, 0.25) is 0 Å². The number of halogens is 3. The number of rotatable bonds is 0. The highest BCUT2D eigenvalue weighted by Gasteiger charge is 2.36. The first-order valence-corrected chi connectivity index (χ1v) is 7.20. The summed E-state index contributed by atoms with van der Waals surface area (Å²) in [7, 11) is 0. The SMILES string of the molecule is CC(=O)N1CCC2CNCCN2c2ncc(C(F)(F)F)cc21. The lowest BCUT2D eigenvalue weighted by Gasteiger charge is -2.36. The first kappa shape index (κ1) is 15.1. The van der Waals surface area contributed by atoms with Crippen molar-refractivity contribution in [3.63, 3.8) is 0 Å². The summed E-state index contributed by atoms with van der Waals surface area (Å²) >= 11 is 0. The van der Waals surface area contributed by atoms with Crippen LogP contribution in [0.15, 0.2) is 12.3 Å². The van der Waals surface area contributed by atoms with Crippen LogP contribution in [0.5, 0.6) is 0 Å². The Morgan fingerprint density at radius 3 is 2.86 bits per heavy atom. The summed E-state index contributed by atoms with van der Waals surface area (Å²) in [6.45, 7) is 3.93. The maximum Gasteiger partial charge on any atom is 0.417 e. The molecule has 1 aromatic heterocycles. The van der Waals surface area contributed by atoms with E-state index in [0.29, 0.717) is 25.3 Å². The number of hydrogen-bond donors (Lipinski definition) is 1. The van der Waals surface area contributed by atoms with E-state index in [4.69, 9.17) is 0 Å². The van der Waals surface area contributed by atoms with Crippen molar-refractivity contribution in [3.8, 4) is 0 Å². The lowest BCUT2D eigenvalue weighted by Crippen LogP contribution is -2.51. The molecule has 5 nitrogen and oxygen atoms in total. The molecule has 1 unspecified atom stereocenters. The number of anilines is 2. The van der Waals surface area contributed by atoms with Crippen LogP contribution in [0.25, 0.3) is 0 Å². The molecule has 1 N–H and O–H groups in total. The molecule has 3 heterocycles. The van der Waals surface area contributed by atoms with E-state index in [9.17, 15) is 18.0 Å². The average molecular weight is 314 g/mol. The zero-order valence-corrected chi connectivity index (χ0v) is 12.2. The third kappa shape index (κ3) is 2.63. The predicted octanol–water partition coefficient (Wildman–Crippen LogP) is 1.64. The fourth-order valence-electron chi connectivity index (χ4n) is 3.04. The summed E-state index contributed by atoms with van der Waals surface area (Å²) < 4.78 is 38.9. The minimum absolute atomic E-state index is 0.140. The fourth-order valence-corrected chi connectivity index (χ4v) is 3.04. The number of hydrogen-bond acceptors (Lipinski definition) is 4. The standard InChI is InChI=1S/C14H17F3N4O/c1-9(22)20-4-2-11-8-18-3-5-21(11)13-12(20)6-10(7-19-13)14(15,16)17/h6-7,11,18H,2-5,8H2,1H3. The van der Waals surface area contributed by atoms with Gasteiger partial charge in [0.2, 0.25) is 5.91 Å². The molecule has 0 radical (unpaired) electrons. The van der Waals surface area contributed by atoms with Gasteiger partial charge in [-0.25, -0.2) is 4.98 Å². The average Bonchev–Trinajstić information content (AvgIpc) is 2.62. The molecular weight excluding hydrogens is 297 g/mol.